The molecule has 0 aliphatic carbocycles. The Balaban J connectivity index is 1.85. The second kappa shape index (κ2) is 5.03. The number of thiazole rings is 1. The number of nitrogens with one attached hydrogen (secondary N) is 2. The lowest BCUT2D eigenvalue weighted by atomic mass is 10.1. The van der Waals surface area contributed by atoms with E-state index in [1.807, 2.05) is 23.6 Å². The van der Waals surface area contributed by atoms with Gasteiger partial charge in [0.1, 0.15) is 0 Å². The summed E-state index contributed by atoms with van der Waals surface area (Å²) in [5.41, 5.74) is 2.48. The van der Waals surface area contributed by atoms with Crippen molar-refractivity contribution in [3.63, 3.8) is 0 Å². The Morgan fingerprint density at radius 1 is 1.32 bits per heavy atom. The summed E-state index contributed by atoms with van der Waals surface area (Å²) in [5, 5.41) is 11.8. The van der Waals surface area contributed by atoms with E-state index in [-0.39, 0.29) is 5.91 Å². The molecule has 0 fully saturated rings. The van der Waals surface area contributed by atoms with E-state index < -0.39 is 0 Å². The van der Waals surface area contributed by atoms with Gasteiger partial charge in [0.2, 0.25) is 0 Å². The maximum Gasteiger partial charge on any atom is 0.257 e. The fourth-order valence-corrected chi connectivity index (χ4v) is 2.23. The van der Waals surface area contributed by atoms with Crippen molar-refractivity contribution >= 4 is 22.4 Å². The average molecular weight is 270 g/mol. The summed E-state index contributed by atoms with van der Waals surface area (Å²) in [6.07, 6.45) is 5.16. The molecule has 3 rings (SSSR count). The highest BCUT2D eigenvalue weighted by molar-refractivity contribution is 7.13. The molecule has 19 heavy (non-hydrogen) atoms. The lowest BCUT2D eigenvalue weighted by Gasteiger charge is -2.03. The molecule has 5 nitrogen and oxygen atoms in total. The zero-order valence-electron chi connectivity index (χ0n) is 9.83. The van der Waals surface area contributed by atoms with Crippen molar-refractivity contribution in [1.82, 2.24) is 15.2 Å². The van der Waals surface area contributed by atoms with E-state index >= 15 is 0 Å². The first kappa shape index (κ1) is 11.6. The van der Waals surface area contributed by atoms with E-state index in [4.69, 9.17) is 0 Å². The summed E-state index contributed by atoms with van der Waals surface area (Å²) in [6.45, 7) is 0. The molecule has 2 aromatic heterocycles. The van der Waals surface area contributed by atoms with E-state index in [0.29, 0.717) is 10.7 Å². The first-order valence-electron chi connectivity index (χ1n) is 5.63. The number of anilines is 1. The Hall–Kier alpha value is -2.47. The summed E-state index contributed by atoms with van der Waals surface area (Å²) in [7, 11) is 0. The SMILES string of the molecule is O=C(Nc1nccs1)c1cccc(-c2cn[nH]c2)c1. The number of aromatic nitrogens is 3. The number of rotatable bonds is 3. The Morgan fingerprint density at radius 2 is 2.26 bits per heavy atom. The molecule has 1 aromatic carbocycles. The van der Waals surface area contributed by atoms with Crippen LogP contribution in [-0.2, 0) is 0 Å². The van der Waals surface area contributed by atoms with E-state index in [0.717, 1.165) is 11.1 Å². The summed E-state index contributed by atoms with van der Waals surface area (Å²) in [5.74, 6) is -0.166. The van der Waals surface area contributed by atoms with Gasteiger partial charge < -0.3 is 0 Å². The standard InChI is InChI=1S/C13H10N4OS/c18-12(17-13-14-4-5-19-13)10-3-1-2-9(6-10)11-7-15-16-8-11/h1-8H,(H,15,16)(H,14,17,18). The monoisotopic (exact) mass is 270 g/mol. The third-order valence-corrected chi connectivity index (χ3v) is 3.30. The van der Waals surface area contributed by atoms with Crippen molar-refractivity contribution in [2.75, 3.05) is 5.32 Å². The van der Waals surface area contributed by atoms with Gasteiger partial charge in [-0.05, 0) is 17.7 Å². The van der Waals surface area contributed by atoms with Crippen LogP contribution < -0.4 is 5.32 Å². The molecule has 0 unspecified atom stereocenters. The minimum atomic E-state index is -0.166. The second-order valence-corrected chi connectivity index (χ2v) is 4.75. The number of carbonyl (C=O) groups excluding carboxylic acids is 1. The minimum absolute atomic E-state index is 0.166. The van der Waals surface area contributed by atoms with Crippen molar-refractivity contribution < 1.29 is 4.79 Å². The lowest BCUT2D eigenvalue weighted by Crippen LogP contribution is -2.11. The van der Waals surface area contributed by atoms with E-state index in [1.165, 1.54) is 11.3 Å². The van der Waals surface area contributed by atoms with Crippen LogP contribution in [0.1, 0.15) is 10.4 Å². The molecule has 0 bridgehead atoms. The molecule has 0 radical (unpaired) electrons. The number of H-pyrrole nitrogens is 1. The molecule has 94 valence electrons. The Morgan fingerprint density at radius 3 is 3.00 bits per heavy atom. The average Bonchev–Trinajstić information content (AvgIpc) is 3.12. The van der Waals surface area contributed by atoms with Gasteiger partial charge in [0.25, 0.3) is 5.91 Å². The van der Waals surface area contributed by atoms with Crippen molar-refractivity contribution in [2.45, 2.75) is 0 Å². The number of carbonyl (C=O) groups is 1. The summed E-state index contributed by atoms with van der Waals surface area (Å²) in [6, 6.07) is 7.38. The maximum absolute atomic E-state index is 12.1. The van der Waals surface area contributed by atoms with Gasteiger partial charge in [-0.15, -0.1) is 11.3 Å². The zero-order valence-corrected chi connectivity index (χ0v) is 10.6. The summed E-state index contributed by atoms with van der Waals surface area (Å²) >= 11 is 1.39. The van der Waals surface area contributed by atoms with Gasteiger partial charge >= 0.3 is 0 Å². The highest BCUT2D eigenvalue weighted by Gasteiger charge is 2.09. The van der Waals surface area contributed by atoms with Gasteiger partial charge in [0.15, 0.2) is 5.13 Å². The van der Waals surface area contributed by atoms with Crippen LogP contribution in [0.5, 0.6) is 0 Å². The van der Waals surface area contributed by atoms with Crippen molar-refractivity contribution in [3.8, 4) is 11.1 Å². The van der Waals surface area contributed by atoms with Crippen LogP contribution >= 0.6 is 11.3 Å². The Bertz CT molecular complexity index is 677. The topological polar surface area (TPSA) is 70.7 Å². The molecule has 1 amide bonds. The van der Waals surface area contributed by atoms with Crippen LogP contribution in [0.3, 0.4) is 0 Å². The normalized spacial score (nSPS) is 10.3. The number of aromatic amines is 1. The van der Waals surface area contributed by atoms with E-state index in [1.54, 1.807) is 24.7 Å². The first-order valence-corrected chi connectivity index (χ1v) is 6.51. The molecule has 0 aliphatic heterocycles. The van der Waals surface area contributed by atoms with Gasteiger partial charge in [-0.1, -0.05) is 12.1 Å². The van der Waals surface area contributed by atoms with Gasteiger partial charge in [-0.25, -0.2) is 4.98 Å². The number of nitrogens with zero attached hydrogens (tertiary/aromatic N) is 2. The van der Waals surface area contributed by atoms with Gasteiger partial charge in [-0.2, -0.15) is 5.10 Å². The molecule has 2 N–H and O–H groups in total. The quantitative estimate of drug-likeness (QED) is 0.768. The van der Waals surface area contributed by atoms with Gasteiger partial charge in [0, 0.05) is 28.9 Å². The lowest BCUT2D eigenvalue weighted by molar-refractivity contribution is 0.102. The van der Waals surface area contributed by atoms with Crippen LogP contribution in [0.4, 0.5) is 5.13 Å². The van der Waals surface area contributed by atoms with E-state index in [2.05, 4.69) is 20.5 Å². The van der Waals surface area contributed by atoms with Crippen LogP contribution in [-0.4, -0.2) is 21.1 Å². The Kier molecular flexibility index (Phi) is 3.07. The molecule has 2 heterocycles. The summed E-state index contributed by atoms with van der Waals surface area (Å²) < 4.78 is 0. The summed E-state index contributed by atoms with van der Waals surface area (Å²) in [4.78, 5) is 16.1. The second-order valence-electron chi connectivity index (χ2n) is 3.86. The van der Waals surface area contributed by atoms with E-state index in [9.17, 15) is 4.79 Å². The fraction of sp³-hybridized carbons (Fsp3) is 0. The smallest absolute Gasteiger partial charge is 0.257 e. The molecule has 0 atom stereocenters. The predicted octanol–water partition coefficient (Wildman–Crippen LogP) is 2.79. The third-order valence-electron chi connectivity index (χ3n) is 2.61. The number of benzene rings is 1. The highest BCUT2D eigenvalue weighted by atomic mass is 32.1. The van der Waals surface area contributed by atoms with Crippen molar-refractivity contribution in [3.05, 3.63) is 53.8 Å². The van der Waals surface area contributed by atoms with Crippen LogP contribution in [0.15, 0.2) is 48.2 Å². The van der Waals surface area contributed by atoms with Crippen LogP contribution in [0, 0.1) is 0 Å². The van der Waals surface area contributed by atoms with Gasteiger partial charge in [-0.3, -0.25) is 15.2 Å². The molecule has 6 heteroatoms. The zero-order chi connectivity index (χ0) is 13.1. The van der Waals surface area contributed by atoms with Crippen LogP contribution in [0.2, 0.25) is 0 Å². The number of amides is 1. The molecule has 3 aromatic rings. The fourth-order valence-electron chi connectivity index (χ4n) is 1.70. The molecular weight excluding hydrogens is 260 g/mol. The largest absolute Gasteiger partial charge is 0.298 e. The third kappa shape index (κ3) is 2.53. The van der Waals surface area contributed by atoms with Gasteiger partial charge in [0.05, 0.1) is 6.20 Å². The van der Waals surface area contributed by atoms with Crippen molar-refractivity contribution in [2.24, 2.45) is 0 Å². The molecular formula is C13H10N4OS. The Labute approximate surface area is 113 Å². The first-order chi connectivity index (χ1) is 9.33. The minimum Gasteiger partial charge on any atom is -0.298 e. The molecule has 0 aliphatic rings. The molecule has 0 spiro atoms. The van der Waals surface area contributed by atoms with Crippen LogP contribution in [0.25, 0.3) is 11.1 Å². The predicted molar refractivity (Wildman–Crippen MR) is 74.1 cm³/mol. The van der Waals surface area contributed by atoms with Crippen molar-refractivity contribution in [1.29, 1.82) is 0 Å². The highest BCUT2D eigenvalue weighted by Crippen LogP contribution is 2.20. The number of hydrogen-bond donors (Lipinski definition) is 2. The maximum atomic E-state index is 12.1. The number of hydrogen-bond acceptors (Lipinski definition) is 4. The molecule has 0 saturated heterocycles. The molecule has 0 saturated carbocycles.